The van der Waals surface area contributed by atoms with Gasteiger partial charge in [-0.2, -0.15) is 0 Å². The van der Waals surface area contributed by atoms with E-state index in [0.29, 0.717) is 29.9 Å². The van der Waals surface area contributed by atoms with Crippen LogP contribution in [-0.4, -0.2) is 53.2 Å². The summed E-state index contributed by atoms with van der Waals surface area (Å²) in [5, 5.41) is 2.35. The van der Waals surface area contributed by atoms with Crippen molar-refractivity contribution in [1.82, 2.24) is 15.1 Å². The van der Waals surface area contributed by atoms with Crippen molar-refractivity contribution >= 4 is 17.7 Å². The number of benzene rings is 1. The Labute approximate surface area is 164 Å². The number of nitrogens with two attached hydrogens (primary N) is 1. The maximum atomic E-state index is 13.0. The van der Waals surface area contributed by atoms with E-state index in [1.807, 2.05) is 12.1 Å². The van der Waals surface area contributed by atoms with Crippen LogP contribution in [0.15, 0.2) is 18.2 Å². The van der Waals surface area contributed by atoms with Crippen molar-refractivity contribution in [2.75, 3.05) is 19.6 Å². The Morgan fingerprint density at radius 3 is 2.71 bits per heavy atom. The van der Waals surface area contributed by atoms with Crippen LogP contribution >= 0.6 is 0 Å². The zero-order valence-electron chi connectivity index (χ0n) is 15.9. The number of carbonyl (C=O) groups is 3. The minimum atomic E-state index is -0.556. The van der Waals surface area contributed by atoms with E-state index in [9.17, 15) is 14.4 Å². The maximum Gasteiger partial charge on any atom is 0.255 e. The molecule has 2 atom stereocenters. The normalized spacial score (nSPS) is 28.8. The zero-order valence-corrected chi connectivity index (χ0v) is 15.9. The highest BCUT2D eigenvalue weighted by Gasteiger charge is 2.53. The van der Waals surface area contributed by atoms with Crippen molar-refractivity contribution in [2.24, 2.45) is 17.1 Å². The molecule has 148 valence electrons. The molecule has 3 N–H and O–H groups in total. The standard InChI is InChI=1S/C21H26N4O3/c22-8-15-11-24(12-21(15)5-6-21)9-13-1-2-14-10-25(20(28)16(14)7-13)17-3-4-18(26)23-19(17)27/h1-2,7,15,17H,3-6,8-12,22H2,(H,23,26,27). The van der Waals surface area contributed by atoms with Crippen molar-refractivity contribution in [1.29, 1.82) is 0 Å². The predicted molar refractivity (Wildman–Crippen MR) is 102 cm³/mol. The largest absolute Gasteiger partial charge is 0.330 e. The van der Waals surface area contributed by atoms with Crippen molar-refractivity contribution in [3.8, 4) is 0 Å². The fourth-order valence-corrected chi connectivity index (χ4v) is 5.27. The van der Waals surface area contributed by atoms with Crippen LogP contribution in [-0.2, 0) is 22.7 Å². The van der Waals surface area contributed by atoms with Crippen LogP contribution in [0.25, 0.3) is 0 Å². The third kappa shape index (κ3) is 2.84. The number of likely N-dealkylation sites (tertiary alicyclic amines) is 1. The first-order valence-corrected chi connectivity index (χ1v) is 10.2. The molecule has 3 heterocycles. The Morgan fingerprint density at radius 2 is 2.04 bits per heavy atom. The van der Waals surface area contributed by atoms with Gasteiger partial charge in [-0.1, -0.05) is 12.1 Å². The Kier molecular flexibility index (Phi) is 4.07. The van der Waals surface area contributed by atoms with E-state index in [1.54, 1.807) is 4.90 Å². The summed E-state index contributed by atoms with van der Waals surface area (Å²) in [4.78, 5) is 40.6. The molecule has 7 heteroatoms. The third-order valence-electron chi connectivity index (χ3n) is 7.06. The highest BCUT2D eigenvalue weighted by Crippen LogP contribution is 2.56. The quantitative estimate of drug-likeness (QED) is 0.745. The second kappa shape index (κ2) is 6.39. The average Bonchev–Trinajstić information content (AvgIpc) is 3.25. The van der Waals surface area contributed by atoms with E-state index >= 15 is 0 Å². The fraction of sp³-hybridized carbons (Fsp3) is 0.571. The van der Waals surface area contributed by atoms with Crippen molar-refractivity contribution in [3.05, 3.63) is 34.9 Å². The van der Waals surface area contributed by atoms with E-state index in [4.69, 9.17) is 5.73 Å². The molecular formula is C21H26N4O3. The molecule has 3 amide bonds. The van der Waals surface area contributed by atoms with Gasteiger partial charge in [0.25, 0.3) is 5.91 Å². The van der Waals surface area contributed by atoms with Crippen molar-refractivity contribution in [2.45, 2.75) is 44.8 Å². The maximum absolute atomic E-state index is 13.0. The number of rotatable bonds is 4. The number of nitrogens with zero attached hydrogens (tertiary/aromatic N) is 2. The number of hydrogen-bond donors (Lipinski definition) is 2. The number of fused-ring (bicyclic) bond motifs is 1. The minimum Gasteiger partial charge on any atom is -0.330 e. The molecule has 3 aliphatic heterocycles. The summed E-state index contributed by atoms with van der Waals surface area (Å²) in [6.45, 7) is 4.15. The second-order valence-electron chi connectivity index (χ2n) is 8.86. The van der Waals surface area contributed by atoms with Crippen molar-refractivity contribution < 1.29 is 14.4 Å². The molecule has 4 aliphatic rings. The number of nitrogens with one attached hydrogen (secondary N) is 1. The molecule has 0 bridgehead atoms. The van der Waals surface area contributed by atoms with E-state index in [-0.39, 0.29) is 24.1 Å². The predicted octanol–water partition coefficient (Wildman–Crippen LogP) is 0.618. The number of carbonyl (C=O) groups excluding carboxylic acids is 3. The van der Waals surface area contributed by atoms with Crippen LogP contribution in [0.5, 0.6) is 0 Å². The van der Waals surface area contributed by atoms with E-state index in [0.717, 1.165) is 37.3 Å². The molecule has 28 heavy (non-hydrogen) atoms. The van der Waals surface area contributed by atoms with E-state index < -0.39 is 6.04 Å². The van der Waals surface area contributed by atoms with Crippen LogP contribution in [0, 0.1) is 11.3 Å². The molecule has 0 aromatic heterocycles. The lowest BCUT2D eigenvalue weighted by Gasteiger charge is -2.29. The average molecular weight is 382 g/mol. The molecular weight excluding hydrogens is 356 g/mol. The van der Waals surface area contributed by atoms with E-state index in [2.05, 4.69) is 16.3 Å². The van der Waals surface area contributed by atoms with Gasteiger partial charge < -0.3 is 10.6 Å². The summed E-state index contributed by atoms with van der Waals surface area (Å²) in [7, 11) is 0. The first kappa shape index (κ1) is 17.8. The number of piperidine rings is 1. The second-order valence-corrected chi connectivity index (χ2v) is 8.86. The molecule has 1 aromatic carbocycles. The van der Waals surface area contributed by atoms with Gasteiger partial charge in [0.2, 0.25) is 11.8 Å². The molecule has 1 spiro atoms. The Hall–Kier alpha value is -2.25. The molecule has 7 nitrogen and oxygen atoms in total. The molecule has 1 aromatic rings. The topological polar surface area (TPSA) is 95.7 Å². The lowest BCUT2D eigenvalue weighted by atomic mass is 9.93. The first-order chi connectivity index (χ1) is 13.5. The minimum absolute atomic E-state index is 0.105. The Bertz CT molecular complexity index is 863. The highest BCUT2D eigenvalue weighted by atomic mass is 16.2. The molecule has 5 rings (SSSR count). The number of imide groups is 1. The van der Waals surface area contributed by atoms with Crippen LogP contribution in [0.2, 0.25) is 0 Å². The van der Waals surface area contributed by atoms with E-state index in [1.165, 1.54) is 12.8 Å². The van der Waals surface area contributed by atoms with Gasteiger partial charge in [-0.25, -0.2) is 0 Å². The summed E-state index contributed by atoms with van der Waals surface area (Å²) < 4.78 is 0. The fourth-order valence-electron chi connectivity index (χ4n) is 5.27. The molecule has 2 unspecified atom stereocenters. The molecule has 0 radical (unpaired) electrons. The van der Waals surface area contributed by atoms with Gasteiger partial charge in [0.15, 0.2) is 0 Å². The summed E-state index contributed by atoms with van der Waals surface area (Å²) in [5.74, 6) is -0.141. The van der Waals surface area contributed by atoms with Crippen LogP contribution in [0.1, 0.15) is 47.2 Å². The van der Waals surface area contributed by atoms with Gasteiger partial charge in [-0.3, -0.25) is 24.6 Å². The van der Waals surface area contributed by atoms with Gasteiger partial charge in [-0.15, -0.1) is 0 Å². The molecule has 3 fully saturated rings. The Balaban J connectivity index is 1.30. The van der Waals surface area contributed by atoms with Gasteiger partial charge in [0, 0.05) is 38.2 Å². The number of hydrogen-bond acceptors (Lipinski definition) is 5. The van der Waals surface area contributed by atoms with Crippen LogP contribution < -0.4 is 11.1 Å². The Morgan fingerprint density at radius 1 is 1.21 bits per heavy atom. The van der Waals surface area contributed by atoms with Gasteiger partial charge >= 0.3 is 0 Å². The summed E-state index contributed by atoms with van der Waals surface area (Å²) >= 11 is 0. The monoisotopic (exact) mass is 382 g/mol. The zero-order chi connectivity index (χ0) is 19.5. The first-order valence-electron chi connectivity index (χ1n) is 10.2. The SMILES string of the molecule is NCC1CN(Cc2ccc3c(c2)C(=O)N(C2CCC(=O)NC2=O)C3)CC12CC2. The van der Waals surface area contributed by atoms with Crippen LogP contribution in [0.4, 0.5) is 0 Å². The van der Waals surface area contributed by atoms with Gasteiger partial charge in [0.05, 0.1) is 0 Å². The van der Waals surface area contributed by atoms with Gasteiger partial charge in [0.1, 0.15) is 6.04 Å². The van der Waals surface area contributed by atoms with Gasteiger partial charge in [-0.05, 0) is 54.3 Å². The van der Waals surface area contributed by atoms with Crippen molar-refractivity contribution in [3.63, 3.8) is 0 Å². The molecule has 1 aliphatic carbocycles. The lowest BCUT2D eigenvalue weighted by molar-refractivity contribution is -0.136. The van der Waals surface area contributed by atoms with Crippen LogP contribution in [0.3, 0.4) is 0 Å². The third-order valence-corrected chi connectivity index (χ3v) is 7.06. The molecule has 2 saturated heterocycles. The number of amides is 3. The summed E-state index contributed by atoms with van der Waals surface area (Å²) in [6.07, 6.45) is 3.25. The summed E-state index contributed by atoms with van der Waals surface area (Å²) in [5.41, 5.74) is 9.20. The molecule has 1 saturated carbocycles. The summed E-state index contributed by atoms with van der Waals surface area (Å²) in [6, 6.07) is 5.53. The lowest BCUT2D eigenvalue weighted by Crippen LogP contribution is -2.52. The highest BCUT2D eigenvalue weighted by molar-refractivity contribution is 6.05. The smallest absolute Gasteiger partial charge is 0.255 e.